The molecule has 8 rings (SSSR count). The summed E-state index contributed by atoms with van der Waals surface area (Å²) in [7, 11) is -3.77. The molecule has 39 heavy (non-hydrogen) atoms. The first kappa shape index (κ1) is 22.9. The molecule has 1 aliphatic carbocycles. The molecule has 1 spiro atoms. The average Bonchev–Trinajstić information content (AvgIpc) is 3.07. The van der Waals surface area contributed by atoms with Crippen molar-refractivity contribution < 1.29 is 8.42 Å². The Morgan fingerprint density at radius 3 is 1.79 bits per heavy atom. The summed E-state index contributed by atoms with van der Waals surface area (Å²) in [5.41, 5.74) is 7.34. The summed E-state index contributed by atoms with van der Waals surface area (Å²) in [6.07, 6.45) is 0. The maximum absolute atomic E-state index is 14.3. The van der Waals surface area contributed by atoms with Gasteiger partial charge in [-0.05, 0) is 85.6 Å². The maximum Gasteiger partial charge on any atom is 0.207 e. The van der Waals surface area contributed by atoms with E-state index in [1.807, 2.05) is 42.5 Å². The molecule has 0 fully saturated rings. The zero-order chi connectivity index (χ0) is 26.4. The summed E-state index contributed by atoms with van der Waals surface area (Å²) < 4.78 is 29.7. The van der Waals surface area contributed by atoms with Crippen LogP contribution in [0.5, 0.6) is 0 Å². The highest BCUT2D eigenvalue weighted by molar-refractivity contribution is 9.10. The summed E-state index contributed by atoms with van der Waals surface area (Å²) in [5, 5.41) is 1.93. The van der Waals surface area contributed by atoms with Gasteiger partial charge in [0.2, 0.25) is 9.84 Å². The normalized spacial score (nSPS) is 17.9. The molecule has 1 atom stereocenters. The molecule has 4 heteroatoms. The van der Waals surface area contributed by atoms with E-state index in [2.05, 4.69) is 94.8 Å². The van der Waals surface area contributed by atoms with Crippen LogP contribution in [0.2, 0.25) is 0 Å². The Morgan fingerprint density at radius 2 is 1.03 bits per heavy atom. The van der Waals surface area contributed by atoms with Gasteiger partial charge in [-0.2, -0.15) is 0 Å². The Balaban J connectivity index is 1.69. The van der Waals surface area contributed by atoms with Crippen LogP contribution < -0.4 is 0 Å². The molecule has 0 N–H and O–H groups in total. The summed E-state index contributed by atoms with van der Waals surface area (Å²) >= 11 is 3.73. The number of rotatable bonds is 0. The molecular weight excluding hydrogens is 564 g/mol. The molecule has 2 nitrogen and oxygen atoms in total. The van der Waals surface area contributed by atoms with Crippen molar-refractivity contribution in [2.75, 3.05) is 0 Å². The van der Waals surface area contributed by atoms with Crippen molar-refractivity contribution >= 4 is 36.5 Å². The van der Waals surface area contributed by atoms with Crippen LogP contribution in [0.3, 0.4) is 0 Å². The van der Waals surface area contributed by atoms with Gasteiger partial charge in [-0.25, -0.2) is 8.42 Å². The topological polar surface area (TPSA) is 34.1 Å². The standard InChI is InChI=1S/C35H21BrO2S/c36-24-17-18-30-28(21-24)26-12-4-3-11-25(26)27-13-5-6-14-29(27)35(30)31-15-7-8-16-33(31)39(37,38)34-20-23-10-2-1-9-22(23)19-32(34)35/h1-21H. The molecule has 1 heterocycles. The fourth-order valence-corrected chi connectivity index (χ4v) is 8.95. The molecule has 0 bridgehead atoms. The van der Waals surface area contributed by atoms with Crippen LogP contribution in [-0.4, -0.2) is 8.42 Å². The van der Waals surface area contributed by atoms with E-state index >= 15 is 0 Å². The molecule has 0 amide bonds. The van der Waals surface area contributed by atoms with Crippen LogP contribution in [0.1, 0.15) is 22.3 Å². The van der Waals surface area contributed by atoms with E-state index in [1.165, 1.54) is 0 Å². The molecule has 0 saturated heterocycles. The quantitative estimate of drug-likeness (QED) is 0.178. The fourth-order valence-electron chi connectivity index (χ4n) is 6.80. The summed E-state index contributed by atoms with van der Waals surface area (Å²) in [4.78, 5) is 0.733. The van der Waals surface area contributed by atoms with Crippen molar-refractivity contribution in [2.24, 2.45) is 0 Å². The van der Waals surface area contributed by atoms with Gasteiger partial charge in [0.05, 0.1) is 15.2 Å². The van der Waals surface area contributed by atoms with Gasteiger partial charge in [0.1, 0.15) is 0 Å². The Kier molecular flexibility index (Phi) is 4.71. The van der Waals surface area contributed by atoms with Gasteiger partial charge in [-0.1, -0.05) is 113 Å². The van der Waals surface area contributed by atoms with Crippen molar-refractivity contribution in [3.8, 4) is 22.3 Å². The van der Waals surface area contributed by atoms with Gasteiger partial charge in [0.25, 0.3) is 0 Å². The second-order valence-electron chi connectivity index (χ2n) is 10.2. The van der Waals surface area contributed by atoms with E-state index in [0.29, 0.717) is 9.79 Å². The van der Waals surface area contributed by atoms with Gasteiger partial charge >= 0.3 is 0 Å². The number of hydrogen-bond acceptors (Lipinski definition) is 2. The molecule has 186 valence electrons. The van der Waals surface area contributed by atoms with Crippen LogP contribution >= 0.6 is 15.9 Å². The smallest absolute Gasteiger partial charge is 0.207 e. The Hall–Kier alpha value is -3.99. The highest BCUT2D eigenvalue weighted by Crippen LogP contribution is 2.60. The lowest BCUT2D eigenvalue weighted by atomic mass is 9.63. The van der Waals surface area contributed by atoms with E-state index in [0.717, 1.165) is 59.8 Å². The fraction of sp³-hybridized carbons (Fsp3) is 0.0286. The van der Waals surface area contributed by atoms with Crippen LogP contribution in [0, 0.1) is 0 Å². The number of benzene rings is 6. The first-order valence-corrected chi connectivity index (χ1v) is 15.2. The second-order valence-corrected chi connectivity index (χ2v) is 13.0. The summed E-state index contributed by atoms with van der Waals surface area (Å²) in [6, 6.07) is 43.0. The molecule has 0 aromatic heterocycles. The number of fused-ring (bicyclic) bond motifs is 12. The first-order chi connectivity index (χ1) is 19.0. The monoisotopic (exact) mass is 584 g/mol. The van der Waals surface area contributed by atoms with Crippen molar-refractivity contribution in [1.29, 1.82) is 0 Å². The molecule has 6 aromatic rings. The lowest BCUT2D eigenvalue weighted by Crippen LogP contribution is -2.38. The minimum Gasteiger partial charge on any atom is -0.218 e. The third kappa shape index (κ3) is 2.93. The van der Waals surface area contributed by atoms with Crippen molar-refractivity contribution in [2.45, 2.75) is 15.2 Å². The highest BCUT2D eigenvalue weighted by Gasteiger charge is 2.51. The van der Waals surface area contributed by atoms with Crippen LogP contribution in [0.25, 0.3) is 33.0 Å². The van der Waals surface area contributed by atoms with E-state index < -0.39 is 15.3 Å². The number of halogens is 1. The van der Waals surface area contributed by atoms with Gasteiger partial charge in [0.15, 0.2) is 0 Å². The van der Waals surface area contributed by atoms with Crippen molar-refractivity contribution in [3.05, 3.63) is 154 Å². The SMILES string of the molecule is O=S1(=O)c2ccccc2C2(c3ccccc3-c3ccccc3-c3cc(Br)ccc32)c2cc3ccccc3cc21. The van der Waals surface area contributed by atoms with Gasteiger partial charge in [0, 0.05) is 4.47 Å². The minimum atomic E-state index is -3.77. The van der Waals surface area contributed by atoms with E-state index in [-0.39, 0.29) is 0 Å². The van der Waals surface area contributed by atoms with E-state index in [9.17, 15) is 8.42 Å². The Bertz CT molecular complexity index is 2110. The van der Waals surface area contributed by atoms with E-state index in [4.69, 9.17) is 0 Å². The molecule has 0 saturated carbocycles. The third-order valence-electron chi connectivity index (χ3n) is 8.35. The predicted molar refractivity (Wildman–Crippen MR) is 160 cm³/mol. The lowest BCUT2D eigenvalue weighted by molar-refractivity contribution is 0.579. The summed E-state index contributed by atoms with van der Waals surface area (Å²) in [6.45, 7) is 0. The van der Waals surface area contributed by atoms with Crippen molar-refractivity contribution in [1.82, 2.24) is 0 Å². The summed E-state index contributed by atoms with van der Waals surface area (Å²) in [5.74, 6) is 0. The zero-order valence-corrected chi connectivity index (χ0v) is 23.1. The number of hydrogen-bond donors (Lipinski definition) is 0. The van der Waals surface area contributed by atoms with E-state index in [1.54, 1.807) is 6.07 Å². The Morgan fingerprint density at radius 1 is 0.462 bits per heavy atom. The Labute approximate surface area is 235 Å². The molecule has 0 radical (unpaired) electrons. The van der Waals surface area contributed by atoms with Crippen LogP contribution in [0.15, 0.2) is 142 Å². The molecule has 6 aromatic carbocycles. The van der Waals surface area contributed by atoms with Crippen LogP contribution in [0.4, 0.5) is 0 Å². The number of sulfone groups is 1. The van der Waals surface area contributed by atoms with Gasteiger partial charge in [-0.15, -0.1) is 0 Å². The molecule has 1 unspecified atom stereocenters. The predicted octanol–water partition coefficient (Wildman–Crippen LogP) is 8.78. The molecule has 2 aliphatic rings. The third-order valence-corrected chi connectivity index (χ3v) is 10.7. The maximum atomic E-state index is 14.3. The minimum absolute atomic E-state index is 0.363. The zero-order valence-electron chi connectivity index (χ0n) is 20.7. The molecule has 1 aliphatic heterocycles. The second kappa shape index (κ2) is 8.01. The average molecular weight is 586 g/mol. The largest absolute Gasteiger partial charge is 0.218 e. The highest BCUT2D eigenvalue weighted by atomic mass is 79.9. The van der Waals surface area contributed by atoms with Gasteiger partial charge in [-0.3, -0.25) is 0 Å². The molecular formula is C35H21BrO2S. The van der Waals surface area contributed by atoms with Crippen LogP contribution in [-0.2, 0) is 15.3 Å². The van der Waals surface area contributed by atoms with Crippen molar-refractivity contribution in [3.63, 3.8) is 0 Å². The van der Waals surface area contributed by atoms with Gasteiger partial charge < -0.3 is 0 Å². The lowest BCUT2D eigenvalue weighted by Gasteiger charge is -2.42. The first-order valence-electron chi connectivity index (χ1n) is 12.9.